The number of nitrogens with one attached hydrogen (secondary N) is 3. The molecule has 3 rings (SSSR count). The van der Waals surface area contributed by atoms with Gasteiger partial charge in [0.1, 0.15) is 12.0 Å². The largest absolute Gasteiger partial charge is 0.384 e. The van der Waals surface area contributed by atoms with E-state index in [-0.39, 0.29) is 0 Å². The summed E-state index contributed by atoms with van der Waals surface area (Å²) in [4.78, 5) is 9.16. The molecular formula is C20H27N7O+2. The molecule has 0 bridgehead atoms. The molecule has 28 heavy (non-hydrogen) atoms. The van der Waals surface area contributed by atoms with E-state index in [1.165, 1.54) is 6.21 Å². The van der Waals surface area contributed by atoms with Crippen LogP contribution >= 0.6 is 0 Å². The molecule has 7 N–H and O–H groups in total. The summed E-state index contributed by atoms with van der Waals surface area (Å²) in [5.41, 5.74) is 9.49. The van der Waals surface area contributed by atoms with Crippen molar-refractivity contribution in [1.82, 2.24) is 15.4 Å². The molecule has 0 radical (unpaired) electrons. The van der Waals surface area contributed by atoms with Gasteiger partial charge in [0.05, 0.1) is 36.5 Å². The number of aromatic nitrogens is 2. The van der Waals surface area contributed by atoms with E-state index >= 15 is 0 Å². The maximum absolute atomic E-state index is 7.60. The summed E-state index contributed by atoms with van der Waals surface area (Å²) in [6.07, 6.45) is 9.06. The van der Waals surface area contributed by atoms with Crippen molar-refractivity contribution in [1.29, 1.82) is 5.41 Å². The van der Waals surface area contributed by atoms with Gasteiger partial charge in [-0.3, -0.25) is 10.3 Å². The van der Waals surface area contributed by atoms with Crippen LogP contribution in [-0.4, -0.2) is 36.9 Å². The molecule has 2 aromatic heterocycles. The second-order valence-electron chi connectivity index (χ2n) is 6.59. The Morgan fingerprint density at radius 2 is 2.29 bits per heavy atom. The summed E-state index contributed by atoms with van der Waals surface area (Å²) < 4.78 is 5.25. The zero-order valence-corrected chi connectivity index (χ0v) is 16.4. The van der Waals surface area contributed by atoms with Crippen molar-refractivity contribution in [2.75, 3.05) is 26.1 Å². The van der Waals surface area contributed by atoms with Crippen molar-refractivity contribution < 1.29 is 15.5 Å². The summed E-state index contributed by atoms with van der Waals surface area (Å²) in [6, 6.07) is 5.81. The number of methoxy groups -OCH3 is 1. The van der Waals surface area contributed by atoms with Gasteiger partial charge in [-0.2, -0.15) is 5.43 Å². The number of anilines is 1. The van der Waals surface area contributed by atoms with Crippen LogP contribution in [0.1, 0.15) is 12.5 Å². The first-order valence-corrected chi connectivity index (χ1v) is 9.19. The molecule has 8 heteroatoms. The van der Waals surface area contributed by atoms with Crippen LogP contribution in [0.3, 0.4) is 0 Å². The first kappa shape index (κ1) is 19.7. The van der Waals surface area contributed by atoms with Gasteiger partial charge in [-0.25, -0.2) is 10.4 Å². The SMILES string of the molecule is C[NH2+]/C=C(\C=N)c1cnc2ccc(NC3=CC(C(C)COC)=CN[NH2+]3)nc2c1. The Labute approximate surface area is 164 Å². The molecule has 0 saturated heterocycles. The van der Waals surface area contributed by atoms with Gasteiger partial charge in [-0.15, -0.1) is 0 Å². The number of rotatable bonds is 8. The zero-order valence-electron chi connectivity index (χ0n) is 16.4. The molecule has 0 aliphatic carbocycles. The van der Waals surface area contributed by atoms with Gasteiger partial charge in [0.15, 0.2) is 0 Å². The number of nitrogens with zero attached hydrogens (tertiary/aromatic N) is 2. The van der Waals surface area contributed by atoms with Gasteiger partial charge in [0.2, 0.25) is 5.82 Å². The first-order chi connectivity index (χ1) is 13.6. The standard InChI is InChI=1S/C20H25N7O/c1-13(12-28-3)14-7-20(27-24-11-14)26-19-5-4-17-18(25-19)6-15(10-23-17)16(8-21)9-22-2/h4-11,13,21-22,24,27H,12H2,1-3H3,(H,25,26)/p+2/b16-9+,21-8?. The number of hydrogen-bond acceptors (Lipinski definition) is 6. The molecule has 1 atom stereocenters. The number of pyridine rings is 2. The molecule has 1 aliphatic rings. The Morgan fingerprint density at radius 3 is 3.04 bits per heavy atom. The van der Waals surface area contributed by atoms with Crippen molar-refractivity contribution in [3.05, 3.63) is 59.8 Å². The first-order valence-electron chi connectivity index (χ1n) is 9.19. The van der Waals surface area contributed by atoms with Crippen LogP contribution in [0.2, 0.25) is 0 Å². The topological polar surface area (TPSA) is 116 Å². The van der Waals surface area contributed by atoms with Gasteiger partial charge in [-0.05, 0) is 23.8 Å². The number of hydrogen-bond donors (Lipinski definition) is 5. The van der Waals surface area contributed by atoms with Crippen molar-refractivity contribution in [3.63, 3.8) is 0 Å². The predicted molar refractivity (Wildman–Crippen MR) is 110 cm³/mol. The van der Waals surface area contributed by atoms with E-state index in [1.54, 1.807) is 13.3 Å². The summed E-state index contributed by atoms with van der Waals surface area (Å²) in [7, 11) is 3.64. The molecule has 0 fully saturated rings. The second-order valence-corrected chi connectivity index (χ2v) is 6.59. The quantitative estimate of drug-likeness (QED) is 0.333. The maximum atomic E-state index is 7.60. The van der Waals surface area contributed by atoms with Crippen LogP contribution in [0, 0.1) is 11.3 Å². The number of nitrogens with two attached hydrogens (primary N) is 2. The van der Waals surface area contributed by atoms with Crippen LogP contribution in [-0.2, 0) is 4.74 Å². The minimum absolute atomic E-state index is 0.293. The van der Waals surface area contributed by atoms with Crippen LogP contribution in [0.4, 0.5) is 5.82 Å². The molecule has 3 heterocycles. The lowest BCUT2D eigenvalue weighted by Gasteiger charge is -2.18. The Morgan fingerprint density at radius 1 is 1.43 bits per heavy atom. The summed E-state index contributed by atoms with van der Waals surface area (Å²) in [5, 5.41) is 12.8. The number of ether oxygens (including phenoxy) is 1. The van der Waals surface area contributed by atoms with Gasteiger partial charge in [0.25, 0.3) is 0 Å². The van der Waals surface area contributed by atoms with Gasteiger partial charge < -0.3 is 15.5 Å². The van der Waals surface area contributed by atoms with Gasteiger partial charge in [0, 0.05) is 37.1 Å². The molecular weight excluding hydrogens is 354 g/mol. The highest BCUT2D eigenvalue weighted by atomic mass is 16.5. The lowest BCUT2D eigenvalue weighted by Crippen LogP contribution is -2.92. The van der Waals surface area contributed by atoms with E-state index in [4.69, 9.17) is 15.1 Å². The number of fused-ring (bicyclic) bond motifs is 1. The van der Waals surface area contributed by atoms with Gasteiger partial charge >= 0.3 is 0 Å². The molecule has 0 aromatic carbocycles. The highest BCUT2D eigenvalue weighted by molar-refractivity contribution is 6.08. The predicted octanol–water partition coefficient (Wildman–Crippen LogP) is 0.315. The van der Waals surface area contributed by atoms with E-state index in [0.29, 0.717) is 12.5 Å². The molecule has 0 spiro atoms. The summed E-state index contributed by atoms with van der Waals surface area (Å²) in [6.45, 7) is 2.79. The Kier molecular flexibility index (Phi) is 6.49. The highest BCUT2D eigenvalue weighted by Crippen LogP contribution is 2.19. The van der Waals surface area contributed by atoms with E-state index in [9.17, 15) is 0 Å². The van der Waals surface area contributed by atoms with Crippen molar-refractivity contribution >= 4 is 28.6 Å². The fourth-order valence-corrected chi connectivity index (χ4v) is 2.98. The molecule has 2 aromatic rings. The Hall–Kier alpha value is -3.07. The summed E-state index contributed by atoms with van der Waals surface area (Å²) >= 11 is 0. The highest BCUT2D eigenvalue weighted by Gasteiger charge is 2.15. The summed E-state index contributed by atoms with van der Waals surface area (Å²) in [5.74, 6) is 1.96. The smallest absolute Gasteiger partial charge is 0.228 e. The molecule has 1 unspecified atom stereocenters. The third-order valence-electron chi connectivity index (χ3n) is 4.44. The molecule has 1 aliphatic heterocycles. The third kappa shape index (κ3) is 4.61. The number of quaternary nitrogens is 2. The van der Waals surface area contributed by atoms with Crippen molar-refractivity contribution in [2.45, 2.75) is 6.92 Å². The van der Waals surface area contributed by atoms with E-state index in [1.807, 2.05) is 48.4 Å². The van der Waals surface area contributed by atoms with Crippen LogP contribution in [0.5, 0.6) is 0 Å². The minimum Gasteiger partial charge on any atom is -0.384 e. The number of allylic oxidation sites excluding steroid dienone is 2. The van der Waals surface area contributed by atoms with Crippen LogP contribution in [0.25, 0.3) is 16.6 Å². The normalized spacial score (nSPS) is 15.5. The van der Waals surface area contributed by atoms with Crippen LogP contribution < -0.4 is 21.5 Å². The minimum atomic E-state index is 0.293. The van der Waals surface area contributed by atoms with Crippen molar-refractivity contribution in [3.8, 4) is 0 Å². The van der Waals surface area contributed by atoms with Crippen LogP contribution in [0.15, 0.2) is 54.3 Å². The zero-order chi connectivity index (χ0) is 19.9. The molecule has 0 amide bonds. The van der Waals surface area contributed by atoms with Crippen molar-refractivity contribution in [2.24, 2.45) is 5.92 Å². The third-order valence-corrected chi connectivity index (χ3v) is 4.44. The van der Waals surface area contributed by atoms with E-state index in [2.05, 4.69) is 28.7 Å². The van der Waals surface area contributed by atoms with E-state index in [0.717, 1.165) is 39.4 Å². The molecule has 146 valence electrons. The second kappa shape index (κ2) is 9.23. The Balaban J connectivity index is 1.84. The van der Waals surface area contributed by atoms with E-state index < -0.39 is 0 Å². The average molecular weight is 381 g/mol. The molecule has 8 nitrogen and oxygen atoms in total. The fourth-order valence-electron chi connectivity index (χ4n) is 2.98. The lowest BCUT2D eigenvalue weighted by atomic mass is 10.0. The fraction of sp³-hybridized carbons (Fsp3) is 0.250. The van der Waals surface area contributed by atoms with Gasteiger partial charge in [-0.1, -0.05) is 6.92 Å². The monoisotopic (exact) mass is 381 g/mol. The lowest BCUT2D eigenvalue weighted by molar-refractivity contribution is -0.656. The average Bonchev–Trinajstić information content (AvgIpc) is 2.72. The molecule has 0 saturated carbocycles. The Bertz CT molecular complexity index is 949. The maximum Gasteiger partial charge on any atom is 0.228 e.